The molecule has 23 heavy (non-hydrogen) atoms. The number of aromatic nitrogens is 1. The highest BCUT2D eigenvalue weighted by atomic mass is 16.5. The Labute approximate surface area is 135 Å². The van der Waals surface area contributed by atoms with Crippen molar-refractivity contribution in [2.45, 2.75) is 39.3 Å². The Morgan fingerprint density at radius 2 is 2.17 bits per heavy atom. The summed E-state index contributed by atoms with van der Waals surface area (Å²) in [4.78, 5) is 30.3. The number of ether oxygens (including phenoxy) is 1. The summed E-state index contributed by atoms with van der Waals surface area (Å²) in [6.45, 7) is 6.12. The average Bonchev–Trinajstić information content (AvgIpc) is 2.79. The molecule has 1 aromatic rings. The summed E-state index contributed by atoms with van der Waals surface area (Å²) in [6, 6.07) is 4.64. The molecule has 0 fully saturated rings. The number of amides is 1. The summed E-state index contributed by atoms with van der Waals surface area (Å²) < 4.78 is 5.49. The Balaban J connectivity index is 2.34. The zero-order valence-electron chi connectivity index (χ0n) is 13.7. The van der Waals surface area contributed by atoms with Gasteiger partial charge in [-0.05, 0) is 26.0 Å². The highest BCUT2D eigenvalue weighted by Gasteiger charge is 2.43. The minimum atomic E-state index is -0.660. The van der Waals surface area contributed by atoms with Gasteiger partial charge in [0.25, 0.3) is 5.91 Å². The maximum absolute atomic E-state index is 12.4. The van der Waals surface area contributed by atoms with Crippen molar-refractivity contribution in [2.75, 3.05) is 13.2 Å². The van der Waals surface area contributed by atoms with E-state index in [-0.39, 0.29) is 30.4 Å². The van der Waals surface area contributed by atoms with E-state index in [0.29, 0.717) is 12.3 Å². The molecule has 0 radical (unpaired) electrons. The van der Waals surface area contributed by atoms with Gasteiger partial charge < -0.3 is 14.7 Å². The molecular formula is C17H22N2O4. The van der Waals surface area contributed by atoms with E-state index in [1.165, 1.54) is 4.90 Å². The molecule has 1 aromatic heterocycles. The first kappa shape index (κ1) is 17.1. The topological polar surface area (TPSA) is 79.7 Å². The van der Waals surface area contributed by atoms with Crippen LogP contribution in [0.3, 0.4) is 0 Å². The molecule has 1 N–H and O–H groups in total. The molecule has 1 unspecified atom stereocenters. The van der Waals surface area contributed by atoms with Crippen molar-refractivity contribution < 1.29 is 19.4 Å². The highest BCUT2D eigenvalue weighted by molar-refractivity contribution is 6.08. The minimum Gasteiger partial charge on any atom is -0.503 e. The van der Waals surface area contributed by atoms with E-state index in [0.717, 1.165) is 0 Å². The number of aliphatic hydroxyl groups excluding tert-OH is 1. The third-order valence-electron chi connectivity index (χ3n) is 3.68. The second-order valence-corrected chi connectivity index (χ2v) is 5.61. The van der Waals surface area contributed by atoms with Gasteiger partial charge in [0.2, 0.25) is 0 Å². The number of rotatable bonds is 7. The molecule has 0 saturated carbocycles. The summed E-state index contributed by atoms with van der Waals surface area (Å²) in [7, 11) is 0. The van der Waals surface area contributed by atoms with Crippen molar-refractivity contribution in [3.8, 4) is 0 Å². The van der Waals surface area contributed by atoms with Crippen molar-refractivity contribution in [2.24, 2.45) is 0 Å². The maximum atomic E-state index is 12.4. The summed E-state index contributed by atoms with van der Waals surface area (Å²) in [5.74, 6) is -1.28. The van der Waals surface area contributed by atoms with Gasteiger partial charge >= 0.3 is 0 Å². The quantitative estimate of drug-likeness (QED) is 0.833. The van der Waals surface area contributed by atoms with Gasteiger partial charge in [-0.1, -0.05) is 13.0 Å². The Kier molecular flexibility index (Phi) is 5.50. The smallest absolute Gasteiger partial charge is 0.290 e. The van der Waals surface area contributed by atoms with Gasteiger partial charge in [-0.2, -0.15) is 0 Å². The molecule has 6 heteroatoms. The lowest BCUT2D eigenvalue weighted by atomic mass is 9.98. The molecule has 0 saturated heterocycles. The van der Waals surface area contributed by atoms with Crippen LogP contribution in [0.25, 0.3) is 0 Å². The molecule has 2 rings (SSSR count). The monoisotopic (exact) mass is 318 g/mol. The summed E-state index contributed by atoms with van der Waals surface area (Å²) in [6.07, 6.45) is 1.86. The second kappa shape index (κ2) is 7.37. The average molecular weight is 318 g/mol. The van der Waals surface area contributed by atoms with Crippen LogP contribution >= 0.6 is 0 Å². The molecule has 124 valence electrons. The first-order valence-electron chi connectivity index (χ1n) is 7.77. The van der Waals surface area contributed by atoms with Crippen LogP contribution in [0.15, 0.2) is 35.7 Å². The molecule has 1 atom stereocenters. The van der Waals surface area contributed by atoms with Gasteiger partial charge in [-0.3, -0.25) is 14.6 Å². The van der Waals surface area contributed by atoms with Gasteiger partial charge in [-0.15, -0.1) is 0 Å². The molecule has 0 spiro atoms. The van der Waals surface area contributed by atoms with Crippen molar-refractivity contribution in [3.63, 3.8) is 0 Å². The van der Waals surface area contributed by atoms with Gasteiger partial charge in [0.05, 0.1) is 24.0 Å². The number of nitrogens with zero attached hydrogens (tertiary/aromatic N) is 2. The van der Waals surface area contributed by atoms with Crippen molar-refractivity contribution in [3.05, 3.63) is 41.4 Å². The molecule has 1 amide bonds. The number of hydrogen-bond donors (Lipinski definition) is 1. The van der Waals surface area contributed by atoms with Crippen LogP contribution in [0.2, 0.25) is 0 Å². The van der Waals surface area contributed by atoms with Crippen molar-refractivity contribution in [1.29, 1.82) is 0 Å². The number of Topliss-reactive ketones (excluding diaryl/α,β-unsaturated/α-hetero) is 1. The Hall–Kier alpha value is -2.21. The van der Waals surface area contributed by atoms with Gasteiger partial charge in [-0.25, -0.2) is 0 Å². The van der Waals surface area contributed by atoms with E-state index in [9.17, 15) is 14.7 Å². The normalized spacial score (nSPS) is 18.2. The number of ketones is 1. The fraction of sp³-hybridized carbons (Fsp3) is 0.471. The predicted octanol–water partition coefficient (Wildman–Crippen LogP) is 2.18. The standard InChI is InChI=1S/C17H22N2O4/c1-4-13(20)14-15(12-7-5-6-8-18-12)19(17(22)16(14)21)9-10-23-11(2)3/h5-8,11,15,21H,4,9-10H2,1-3H3. The predicted molar refractivity (Wildman–Crippen MR) is 84.7 cm³/mol. The van der Waals surface area contributed by atoms with Crippen LogP contribution in [-0.4, -0.2) is 45.9 Å². The first-order valence-corrected chi connectivity index (χ1v) is 7.77. The van der Waals surface area contributed by atoms with E-state index < -0.39 is 17.7 Å². The molecule has 2 heterocycles. The van der Waals surface area contributed by atoms with Crippen LogP contribution in [0.4, 0.5) is 0 Å². The molecular weight excluding hydrogens is 296 g/mol. The van der Waals surface area contributed by atoms with Gasteiger partial charge in [0, 0.05) is 19.2 Å². The zero-order chi connectivity index (χ0) is 17.0. The highest BCUT2D eigenvalue weighted by Crippen LogP contribution is 2.36. The molecule has 1 aliphatic heterocycles. The molecule has 0 aliphatic carbocycles. The summed E-state index contributed by atoms with van der Waals surface area (Å²) in [5, 5.41) is 10.2. The number of aliphatic hydroxyl groups is 1. The van der Waals surface area contributed by atoms with Gasteiger partial charge in [0.1, 0.15) is 6.04 Å². The summed E-state index contributed by atoms with van der Waals surface area (Å²) >= 11 is 0. The number of pyridine rings is 1. The van der Waals surface area contributed by atoms with Crippen molar-refractivity contribution >= 4 is 11.7 Å². The fourth-order valence-electron chi connectivity index (χ4n) is 2.59. The largest absolute Gasteiger partial charge is 0.503 e. The molecule has 1 aliphatic rings. The lowest BCUT2D eigenvalue weighted by molar-refractivity contribution is -0.130. The van der Waals surface area contributed by atoms with E-state index in [2.05, 4.69) is 4.98 Å². The fourth-order valence-corrected chi connectivity index (χ4v) is 2.59. The Morgan fingerprint density at radius 3 is 2.74 bits per heavy atom. The third kappa shape index (κ3) is 3.59. The summed E-state index contributed by atoms with van der Waals surface area (Å²) in [5.41, 5.74) is 0.687. The second-order valence-electron chi connectivity index (χ2n) is 5.61. The van der Waals surface area contributed by atoms with Crippen molar-refractivity contribution in [1.82, 2.24) is 9.88 Å². The zero-order valence-corrected chi connectivity index (χ0v) is 13.7. The van der Waals surface area contributed by atoms with E-state index in [1.807, 2.05) is 13.8 Å². The van der Waals surface area contributed by atoms with Crippen LogP contribution in [0.5, 0.6) is 0 Å². The SMILES string of the molecule is CCC(=O)C1=C(O)C(=O)N(CCOC(C)C)C1c1ccccn1. The van der Waals surface area contributed by atoms with E-state index >= 15 is 0 Å². The molecule has 6 nitrogen and oxygen atoms in total. The first-order chi connectivity index (χ1) is 11.0. The van der Waals surface area contributed by atoms with Crippen LogP contribution in [0.1, 0.15) is 38.9 Å². The van der Waals surface area contributed by atoms with Crippen LogP contribution in [-0.2, 0) is 14.3 Å². The lowest BCUT2D eigenvalue weighted by Crippen LogP contribution is -2.34. The third-order valence-corrected chi connectivity index (χ3v) is 3.68. The van der Waals surface area contributed by atoms with E-state index in [1.54, 1.807) is 31.3 Å². The number of carbonyl (C=O) groups excluding carboxylic acids is 2. The molecule has 0 bridgehead atoms. The maximum Gasteiger partial charge on any atom is 0.290 e. The van der Waals surface area contributed by atoms with Crippen LogP contribution < -0.4 is 0 Å². The van der Waals surface area contributed by atoms with E-state index in [4.69, 9.17) is 4.74 Å². The lowest BCUT2D eigenvalue weighted by Gasteiger charge is -2.26. The number of carbonyl (C=O) groups is 2. The van der Waals surface area contributed by atoms with Gasteiger partial charge in [0.15, 0.2) is 11.5 Å². The molecule has 0 aromatic carbocycles. The van der Waals surface area contributed by atoms with Crippen LogP contribution in [0, 0.1) is 0 Å². The Morgan fingerprint density at radius 1 is 1.43 bits per heavy atom. The minimum absolute atomic E-state index is 0.0410. The number of hydrogen-bond acceptors (Lipinski definition) is 5. The Bertz CT molecular complexity index is 610.